The van der Waals surface area contributed by atoms with Gasteiger partial charge in [0.15, 0.2) is 5.82 Å². The van der Waals surface area contributed by atoms with E-state index < -0.39 is 0 Å². The molecule has 0 atom stereocenters. The molecule has 0 unspecified atom stereocenters. The molecular weight excluding hydrogens is 166 g/mol. The molecule has 1 aromatic rings. The van der Waals surface area contributed by atoms with Crippen LogP contribution in [-0.4, -0.2) is 20.5 Å². The van der Waals surface area contributed by atoms with E-state index in [2.05, 4.69) is 10.1 Å². The van der Waals surface area contributed by atoms with E-state index >= 15 is 0 Å². The zero-order valence-corrected chi connectivity index (χ0v) is 8.53. The van der Waals surface area contributed by atoms with Crippen molar-refractivity contribution >= 4 is 5.78 Å². The van der Waals surface area contributed by atoms with Crippen molar-refractivity contribution in [1.29, 1.82) is 0 Å². The van der Waals surface area contributed by atoms with Gasteiger partial charge >= 0.3 is 0 Å². The van der Waals surface area contributed by atoms with Gasteiger partial charge in [-0.3, -0.25) is 9.48 Å². The van der Waals surface area contributed by atoms with Gasteiger partial charge in [-0.1, -0.05) is 20.8 Å². The second kappa shape index (κ2) is 3.28. The van der Waals surface area contributed by atoms with Crippen LogP contribution in [0, 0.1) is 5.41 Å². The minimum atomic E-state index is -0.306. The Morgan fingerprint density at radius 2 is 2.15 bits per heavy atom. The molecule has 0 N–H and O–H groups in total. The third-order valence-electron chi connectivity index (χ3n) is 1.80. The highest BCUT2D eigenvalue weighted by atomic mass is 16.1. The van der Waals surface area contributed by atoms with Crippen LogP contribution in [0.2, 0.25) is 0 Å². The molecule has 0 aromatic carbocycles. The van der Waals surface area contributed by atoms with Gasteiger partial charge in [0.25, 0.3) is 0 Å². The average Bonchev–Trinajstić information content (AvgIpc) is 2.33. The third-order valence-corrected chi connectivity index (χ3v) is 1.80. The molecule has 0 spiro atoms. The molecule has 0 saturated heterocycles. The summed E-state index contributed by atoms with van der Waals surface area (Å²) in [5.41, 5.74) is -0.306. The molecule has 1 aromatic heterocycles. The lowest BCUT2D eigenvalue weighted by Crippen LogP contribution is -2.22. The number of hydrogen-bond donors (Lipinski definition) is 0. The van der Waals surface area contributed by atoms with E-state index in [1.807, 2.05) is 20.8 Å². The molecule has 0 fully saturated rings. The Morgan fingerprint density at radius 1 is 1.54 bits per heavy atom. The Morgan fingerprint density at radius 3 is 2.54 bits per heavy atom. The Balaban J connectivity index is 2.65. The molecule has 72 valence electrons. The van der Waals surface area contributed by atoms with E-state index in [4.69, 9.17) is 0 Å². The summed E-state index contributed by atoms with van der Waals surface area (Å²) in [5.74, 6) is 0.765. The number of Topliss-reactive ketones (excluding diaryl/α,β-unsaturated/α-hetero) is 1. The summed E-state index contributed by atoms with van der Waals surface area (Å²) in [7, 11) is 1.79. The number of carbonyl (C=O) groups excluding carboxylic acids is 1. The Hall–Kier alpha value is -1.19. The minimum absolute atomic E-state index is 0.165. The summed E-state index contributed by atoms with van der Waals surface area (Å²) in [5, 5.41) is 4.05. The van der Waals surface area contributed by atoms with Crippen molar-refractivity contribution in [3.63, 3.8) is 0 Å². The van der Waals surface area contributed by atoms with Crippen LogP contribution in [0.3, 0.4) is 0 Å². The number of carbonyl (C=O) groups is 1. The van der Waals surface area contributed by atoms with E-state index in [1.165, 1.54) is 0 Å². The second-order valence-electron chi connectivity index (χ2n) is 4.18. The topological polar surface area (TPSA) is 47.8 Å². The Bertz CT molecular complexity index is 309. The van der Waals surface area contributed by atoms with Gasteiger partial charge in [-0.2, -0.15) is 5.10 Å². The van der Waals surface area contributed by atoms with Crippen LogP contribution in [0.15, 0.2) is 6.33 Å². The fourth-order valence-electron chi connectivity index (χ4n) is 0.874. The Kier molecular flexibility index (Phi) is 2.50. The first-order valence-corrected chi connectivity index (χ1v) is 4.27. The fourth-order valence-corrected chi connectivity index (χ4v) is 0.874. The second-order valence-corrected chi connectivity index (χ2v) is 4.18. The van der Waals surface area contributed by atoms with Crippen molar-refractivity contribution in [2.45, 2.75) is 27.2 Å². The number of nitrogens with zero attached hydrogens (tertiary/aromatic N) is 3. The van der Waals surface area contributed by atoms with Crippen molar-refractivity contribution in [3.05, 3.63) is 12.2 Å². The molecule has 0 saturated carbocycles. The predicted octanol–water partition coefficient (Wildman–Crippen LogP) is 0.973. The molecule has 0 bridgehead atoms. The van der Waals surface area contributed by atoms with Gasteiger partial charge in [0.2, 0.25) is 0 Å². The molecule has 0 aliphatic rings. The quantitative estimate of drug-likeness (QED) is 0.683. The van der Waals surface area contributed by atoms with Crippen LogP contribution in [0.5, 0.6) is 0 Å². The van der Waals surface area contributed by atoms with E-state index in [1.54, 1.807) is 18.1 Å². The minimum Gasteiger partial charge on any atom is -0.299 e. The van der Waals surface area contributed by atoms with Crippen LogP contribution in [0.1, 0.15) is 26.6 Å². The number of ketones is 1. The van der Waals surface area contributed by atoms with Crippen molar-refractivity contribution in [2.24, 2.45) is 12.5 Å². The zero-order chi connectivity index (χ0) is 10.1. The molecule has 1 heterocycles. The Labute approximate surface area is 78.0 Å². The zero-order valence-electron chi connectivity index (χ0n) is 8.53. The van der Waals surface area contributed by atoms with Crippen molar-refractivity contribution < 1.29 is 4.79 Å². The molecule has 0 amide bonds. The molecule has 0 radical (unpaired) electrons. The summed E-state index contributed by atoms with van der Waals surface area (Å²) in [6.07, 6.45) is 1.93. The summed E-state index contributed by atoms with van der Waals surface area (Å²) in [6.45, 7) is 5.70. The van der Waals surface area contributed by atoms with E-state index in [-0.39, 0.29) is 11.2 Å². The number of rotatable bonds is 2. The van der Waals surface area contributed by atoms with Crippen LogP contribution in [0.4, 0.5) is 0 Å². The highest BCUT2D eigenvalue weighted by molar-refractivity contribution is 5.85. The first kappa shape index (κ1) is 9.89. The maximum Gasteiger partial charge on any atom is 0.157 e. The van der Waals surface area contributed by atoms with Gasteiger partial charge in [0, 0.05) is 12.5 Å². The summed E-state index contributed by atoms with van der Waals surface area (Å²) >= 11 is 0. The number of aryl methyl sites for hydroxylation is 1. The van der Waals surface area contributed by atoms with Gasteiger partial charge in [0.1, 0.15) is 12.1 Å². The summed E-state index contributed by atoms with van der Waals surface area (Å²) in [6, 6.07) is 0. The largest absolute Gasteiger partial charge is 0.299 e. The number of hydrogen-bond acceptors (Lipinski definition) is 3. The van der Waals surface area contributed by atoms with Gasteiger partial charge in [-0.15, -0.1) is 0 Å². The molecule has 1 rings (SSSR count). The van der Waals surface area contributed by atoms with Gasteiger partial charge in [-0.25, -0.2) is 4.98 Å². The van der Waals surface area contributed by atoms with Gasteiger partial charge in [-0.05, 0) is 0 Å². The highest BCUT2D eigenvalue weighted by Gasteiger charge is 2.22. The lowest BCUT2D eigenvalue weighted by Gasteiger charge is -2.14. The first-order chi connectivity index (χ1) is 5.89. The predicted molar refractivity (Wildman–Crippen MR) is 49.2 cm³/mol. The molecule has 0 aliphatic heterocycles. The van der Waals surface area contributed by atoms with E-state index in [0.29, 0.717) is 12.2 Å². The van der Waals surface area contributed by atoms with Crippen molar-refractivity contribution in [3.8, 4) is 0 Å². The third kappa shape index (κ3) is 2.65. The molecule has 0 aliphatic carbocycles. The molecule has 4 heteroatoms. The maximum atomic E-state index is 11.6. The van der Waals surface area contributed by atoms with E-state index in [0.717, 1.165) is 0 Å². The van der Waals surface area contributed by atoms with Gasteiger partial charge < -0.3 is 0 Å². The normalized spacial score (nSPS) is 11.7. The lowest BCUT2D eigenvalue weighted by molar-refractivity contribution is -0.125. The average molecular weight is 181 g/mol. The van der Waals surface area contributed by atoms with Crippen LogP contribution < -0.4 is 0 Å². The monoisotopic (exact) mass is 181 g/mol. The smallest absolute Gasteiger partial charge is 0.157 e. The lowest BCUT2D eigenvalue weighted by atomic mass is 9.89. The fraction of sp³-hybridized carbons (Fsp3) is 0.667. The molecule has 4 nitrogen and oxygen atoms in total. The highest BCUT2D eigenvalue weighted by Crippen LogP contribution is 2.16. The van der Waals surface area contributed by atoms with Crippen molar-refractivity contribution in [1.82, 2.24) is 14.8 Å². The first-order valence-electron chi connectivity index (χ1n) is 4.27. The standard InChI is InChI=1S/C9H15N3O/c1-9(2,3)7(13)5-8-10-6-12(4)11-8/h6H,5H2,1-4H3. The van der Waals surface area contributed by atoms with Crippen LogP contribution in [0.25, 0.3) is 0 Å². The van der Waals surface area contributed by atoms with Crippen molar-refractivity contribution in [2.75, 3.05) is 0 Å². The molecular formula is C9H15N3O. The SMILES string of the molecule is Cn1cnc(CC(=O)C(C)(C)C)n1. The van der Waals surface area contributed by atoms with Crippen LogP contribution in [-0.2, 0) is 18.3 Å². The molecule has 13 heavy (non-hydrogen) atoms. The maximum absolute atomic E-state index is 11.6. The van der Waals surface area contributed by atoms with Crippen LogP contribution >= 0.6 is 0 Å². The van der Waals surface area contributed by atoms with Gasteiger partial charge in [0.05, 0.1) is 6.42 Å². The van der Waals surface area contributed by atoms with E-state index in [9.17, 15) is 4.79 Å². The number of aromatic nitrogens is 3. The summed E-state index contributed by atoms with van der Waals surface area (Å²) in [4.78, 5) is 15.6. The summed E-state index contributed by atoms with van der Waals surface area (Å²) < 4.78 is 1.60.